The van der Waals surface area contributed by atoms with E-state index in [4.69, 9.17) is 0 Å². The summed E-state index contributed by atoms with van der Waals surface area (Å²) in [4.78, 5) is 46.7. The summed E-state index contributed by atoms with van der Waals surface area (Å²) in [6.45, 7) is 6.23. The van der Waals surface area contributed by atoms with Gasteiger partial charge >= 0.3 is 0 Å². The number of thiophene rings is 1. The van der Waals surface area contributed by atoms with Gasteiger partial charge in [0.15, 0.2) is 11.6 Å². The van der Waals surface area contributed by atoms with Gasteiger partial charge in [-0.2, -0.15) is 0 Å². The fraction of sp³-hybridized carbons (Fsp3) is 0.250. The summed E-state index contributed by atoms with van der Waals surface area (Å²) in [7, 11) is 0. The number of allylic oxidation sites excluding steroid dienone is 1. The molecule has 42 heavy (non-hydrogen) atoms. The highest BCUT2D eigenvalue weighted by Crippen LogP contribution is 2.59. The Morgan fingerprint density at radius 1 is 0.952 bits per heavy atom. The van der Waals surface area contributed by atoms with E-state index >= 15 is 0 Å². The van der Waals surface area contributed by atoms with E-state index in [1.807, 2.05) is 78.2 Å². The first kappa shape index (κ1) is 26.6. The van der Waals surface area contributed by atoms with Gasteiger partial charge < -0.3 is 10.2 Å². The minimum absolute atomic E-state index is 0.135. The molecule has 1 aromatic heterocycles. The number of nitrogens with one attached hydrogen (secondary N) is 1. The van der Waals surface area contributed by atoms with Gasteiger partial charge in [-0.05, 0) is 66.6 Å². The lowest BCUT2D eigenvalue weighted by Crippen LogP contribution is -2.51. The number of Topliss-reactive ketones (excluding diaryl/α,β-unsaturated/α-hetero) is 2. The molecular formula is C36H32N2O3S. The summed E-state index contributed by atoms with van der Waals surface area (Å²) in [5.41, 5.74) is 5.90. The van der Waals surface area contributed by atoms with Crippen LogP contribution in [0.15, 0.2) is 90.3 Å². The quantitative estimate of drug-likeness (QED) is 0.247. The largest absolute Gasteiger partial charge is 0.352 e. The lowest BCUT2D eigenvalue weighted by atomic mass is 9.64. The molecule has 0 bridgehead atoms. The van der Waals surface area contributed by atoms with E-state index < -0.39 is 23.4 Å². The van der Waals surface area contributed by atoms with Crippen molar-refractivity contribution in [3.8, 4) is 0 Å². The van der Waals surface area contributed by atoms with Crippen molar-refractivity contribution in [3.05, 3.63) is 123 Å². The minimum atomic E-state index is -1.29. The molecule has 1 spiro atoms. The number of rotatable bonds is 6. The SMILES string of the molecule is CCCc1ccc(C(=O)[C@@H]2[C@H](C(=O)c3cccs3)N3c4ccc(C)cc4C(C)=C[C@@H]3[C@]23C(=O)Nc2ccccc23)cc1. The Hall–Kier alpha value is -4.29. The van der Waals surface area contributed by atoms with Gasteiger partial charge in [-0.15, -0.1) is 11.3 Å². The molecular weight excluding hydrogens is 540 g/mol. The lowest BCUT2D eigenvalue weighted by molar-refractivity contribution is -0.121. The molecule has 210 valence electrons. The Morgan fingerprint density at radius 2 is 1.74 bits per heavy atom. The van der Waals surface area contributed by atoms with Crippen molar-refractivity contribution in [2.45, 2.75) is 51.1 Å². The molecule has 0 unspecified atom stereocenters. The molecule has 7 rings (SSSR count). The molecule has 1 N–H and O–H groups in total. The van der Waals surface area contributed by atoms with Gasteiger partial charge in [-0.1, -0.05) is 79.6 Å². The van der Waals surface area contributed by atoms with Crippen LogP contribution in [0.4, 0.5) is 11.4 Å². The summed E-state index contributed by atoms with van der Waals surface area (Å²) < 4.78 is 0. The van der Waals surface area contributed by atoms with E-state index in [9.17, 15) is 14.4 Å². The highest BCUT2D eigenvalue weighted by atomic mass is 32.1. The number of anilines is 2. The van der Waals surface area contributed by atoms with Gasteiger partial charge in [0.25, 0.3) is 0 Å². The molecule has 0 saturated carbocycles. The number of fused-ring (bicyclic) bond motifs is 6. The van der Waals surface area contributed by atoms with E-state index in [0.29, 0.717) is 16.1 Å². The predicted molar refractivity (Wildman–Crippen MR) is 169 cm³/mol. The zero-order valence-electron chi connectivity index (χ0n) is 23.9. The number of hydrogen-bond donors (Lipinski definition) is 1. The van der Waals surface area contributed by atoms with Crippen LogP contribution < -0.4 is 10.2 Å². The number of para-hydroxylation sites is 1. The molecule has 0 radical (unpaired) electrons. The first-order valence-corrected chi connectivity index (χ1v) is 15.4. The molecule has 4 aromatic rings. The third-order valence-electron chi connectivity index (χ3n) is 9.22. The Morgan fingerprint density at radius 3 is 2.48 bits per heavy atom. The average Bonchev–Trinajstić information content (AvgIpc) is 3.70. The Balaban J connectivity index is 1.52. The Labute approximate surface area is 249 Å². The fourth-order valence-electron chi connectivity index (χ4n) is 7.41. The minimum Gasteiger partial charge on any atom is -0.352 e. The molecule has 4 heterocycles. The molecule has 5 nitrogen and oxygen atoms in total. The standard InChI is InChI=1S/C36H32N2O3S/c1-4-8-23-13-15-24(16-14-23)33(39)31-32(34(40)29-11-7-18-42-29)38-28-17-12-21(2)19-25(28)22(3)20-30(38)36(31)26-9-5-6-10-27(26)37-35(36)41/h5-7,9-20,30-32H,4,8H2,1-3H3,(H,37,41)/t30-,31+,32-,36+/m1/s1. The summed E-state index contributed by atoms with van der Waals surface area (Å²) in [6, 6.07) is 23.8. The molecule has 4 atom stereocenters. The summed E-state index contributed by atoms with van der Waals surface area (Å²) in [5.74, 6) is -1.51. The summed E-state index contributed by atoms with van der Waals surface area (Å²) in [5, 5.41) is 4.99. The van der Waals surface area contributed by atoms with E-state index in [1.165, 1.54) is 11.3 Å². The van der Waals surface area contributed by atoms with Crippen molar-refractivity contribution < 1.29 is 14.4 Å². The van der Waals surface area contributed by atoms with Crippen molar-refractivity contribution in [1.82, 2.24) is 0 Å². The monoisotopic (exact) mass is 572 g/mol. The Kier molecular flexibility index (Phi) is 6.28. The van der Waals surface area contributed by atoms with Crippen LogP contribution in [-0.4, -0.2) is 29.6 Å². The second-order valence-corrected chi connectivity index (χ2v) is 12.6. The summed E-state index contributed by atoms with van der Waals surface area (Å²) >= 11 is 1.37. The van der Waals surface area contributed by atoms with Crippen LogP contribution in [0.1, 0.15) is 62.6 Å². The molecule has 1 amide bonds. The molecule has 1 saturated heterocycles. The second kappa shape index (κ2) is 9.92. The molecule has 1 fully saturated rings. The van der Waals surface area contributed by atoms with Crippen molar-refractivity contribution in [1.29, 1.82) is 0 Å². The van der Waals surface area contributed by atoms with Gasteiger partial charge in [0, 0.05) is 22.5 Å². The summed E-state index contributed by atoms with van der Waals surface area (Å²) in [6.07, 6.45) is 4.04. The number of carbonyl (C=O) groups excluding carboxylic acids is 3. The molecule has 6 heteroatoms. The number of hydrogen-bond acceptors (Lipinski definition) is 5. The second-order valence-electron chi connectivity index (χ2n) is 11.7. The maximum atomic E-state index is 14.9. The normalized spacial score (nSPS) is 23.7. The molecule has 3 aromatic carbocycles. The van der Waals surface area contributed by atoms with Crippen LogP contribution in [0.2, 0.25) is 0 Å². The molecule has 3 aliphatic heterocycles. The topological polar surface area (TPSA) is 66.5 Å². The number of carbonyl (C=O) groups is 3. The van der Waals surface area contributed by atoms with Crippen LogP contribution in [0.25, 0.3) is 5.57 Å². The van der Waals surface area contributed by atoms with Gasteiger partial charge in [0.1, 0.15) is 11.5 Å². The predicted octanol–water partition coefficient (Wildman–Crippen LogP) is 7.26. The molecule has 0 aliphatic carbocycles. The van der Waals surface area contributed by atoms with E-state index in [2.05, 4.69) is 43.1 Å². The zero-order chi connectivity index (χ0) is 29.2. The third-order valence-corrected chi connectivity index (χ3v) is 10.1. The van der Waals surface area contributed by atoms with Crippen LogP contribution in [0, 0.1) is 12.8 Å². The van der Waals surface area contributed by atoms with Crippen molar-refractivity contribution in [3.63, 3.8) is 0 Å². The van der Waals surface area contributed by atoms with Crippen molar-refractivity contribution in [2.24, 2.45) is 5.92 Å². The third kappa shape index (κ3) is 3.71. The van der Waals surface area contributed by atoms with Crippen molar-refractivity contribution >= 4 is 45.8 Å². The zero-order valence-corrected chi connectivity index (χ0v) is 24.7. The Bertz CT molecular complexity index is 1770. The van der Waals surface area contributed by atoms with Gasteiger partial charge in [-0.25, -0.2) is 0 Å². The van der Waals surface area contributed by atoms with E-state index in [1.54, 1.807) is 0 Å². The number of benzene rings is 3. The maximum Gasteiger partial charge on any atom is 0.238 e. The van der Waals surface area contributed by atoms with Crippen LogP contribution >= 0.6 is 11.3 Å². The fourth-order valence-corrected chi connectivity index (χ4v) is 8.11. The number of nitrogens with zero attached hydrogens (tertiary/aromatic N) is 1. The van der Waals surface area contributed by atoms with Gasteiger partial charge in [-0.3, -0.25) is 14.4 Å². The lowest BCUT2D eigenvalue weighted by Gasteiger charge is -2.39. The smallest absolute Gasteiger partial charge is 0.238 e. The van der Waals surface area contributed by atoms with E-state index in [-0.39, 0.29) is 17.5 Å². The van der Waals surface area contributed by atoms with Crippen LogP contribution in [-0.2, 0) is 16.6 Å². The van der Waals surface area contributed by atoms with E-state index in [0.717, 1.165) is 46.4 Å². The van der Waals surface area contributed by atoms with Gasteiger partial charge in [0.2, 0.25) is 5.91 Å². The van der Waals surface area contributed by atoms with Crippen LogP contribution in [0.3, 0.4) is 0 Å². The maximum absolute atomic E-state index is 14.9. The average molecular weight is 573 g/mol. The van der Waals surface area contributed by atoms with Crippen LogP contribution in [0.5, 0.6) is 0 Å². The van der Waals surface area contributed by atoms with Gasteiger partial charge in [0.05, 0.1) is 16.8 Å². The molecule has 3 aliphatic rings. The van der Waals surface area contributed by atoms with Crippen molar-refractivity contribution in [2.75, 3.05) is 10.2 Å². The highest BCUT2D eigenvalue weighted by molar-refractivity contribution is 7.12. The number of ketones is 2. The first-order chi connectivity index (χ1) is 20.4. The first-order valence-electron chi connectivity index (χ1n) is 14.6. The highest BCUT2D eigenvalue weighted by Gasteiger charge is 2.70. The number of amides is 1. The number of aryl methyl sites for hydroxylation is 2.